The summed E-state index contributed by atoms with van der Waals surface area (Å²) in [5.74, 6) is -0.766. The summed E-state index contributed by atoms with van der Waals surface area (Å²) >= 11 is 0. The number of carbonyl (C=O) groups excluding carboxylic acids is 1. The summed E-state index contributed by atoms with van der Waals surface area (Å²) < 4.78 is 0. The van der Waals surface area contributed by atoms with E-state index in [1.165, 1.54) is 0 Å². The van der Waals surface area contributed by atoms with Crippen molar-refractivity contribution in [2.24, 2.45) is 11.8 Å². The molecule has 0 bridgehead atoms. The van der Waals surface area contributed by atoms with Gasteiger partial charge >= 0.3 is 5.97 Å². The number of aliphatic hydroxyl groups is 1. The van der Waals surface area contributed by atoms with Crippen molar-refractivity contribution < 1.29 is 19.8 Å². The maximum Gasteiger partial charge on any atom is 0.303 e. The molecule has 1 aliphatic carbocycles. The fraction of sp³-hybridized carbons (Fsp3) is 0.500. The Morgan fingerprint density at radius 1 is 1.29 bits per heavy atom. The van der Waals surface area contributed by atoms with Crippen LogP contribution in [0.3, 0.4) is 0 Å². The highest BCUT2D eigenvalue weighted by atomic mass is 16.4. The van der Waals surface area contributed by atoms with Gasteiger partial charge in [0.1, 0.15) is 0 Å². The van der Waals surface area contributed by atoms with Gasteiger partial charge in [0.05, 0.1) is 6.10 Å². The Labute approximate surface area is 144 Å². The molecule has 2 N–H and O–H groups in total. The molecular weight excluding hydrogens is 304 g/mol. The Kier molecular flexibility index (Phi) is 9.70. The van der Waals surface area contributed by atoms with Crippen molar-refractivity contribution in [1.82, 2.24) is 0 Å². The van der Waals surface area contributed by atoms with Crippen LogP contribution in [0.5, 0.6) is 0 Å². The van der Waals surface area contributed by atoms with E-state index in [0.717, 1.165) is 6.42 Å². The number of carboxylic acids is 1. The maximum absolute atomic E-state index is 11.9. The Bertz CT molecular complexity index is 514. The van der Waals surface area contributed by atoms with Crippen LogP contribution in [0.1, 0.15) is 45.4 Å². The predicted octanol–water partition coefficient (Wildman–Crippen LogP) is 3.83. The number of carbonyl (C=O) groups is 2. The van der Waals surface area contributed by atoms with E-state index in [0.29, 0.717) is 25.7 Å². The lowest BCUT2D eigenvalue weighted by Crippen LogP contribution is -2.14. The van der Waals surface area contributed by atoms with E-state index < -0.39 is 12.1 Å². The molecule has 0 saturated carbocycles. The molecule has 0 radical (unpaired) electrons. The molecular formula is C20H28O4. The third kappa shape index (κ3) is 8.06. The van der Waals surface area contributed by atoms with Gasteiger partial charge in [-0.2, -0.15) is 0 Å². The molecule has 0 fully saturated rings. The summed E-state index contributed by atoms with van der Waals surface area (Å²) in [5, 5.41) is 18.5. The van der Waals surface area contributed by atoms with Gasteiger partial charge in [-0.25, -0.2) is 0 Å². The molecule has 0 unspecified atom stereocenters. The van der Waals surface area contributed by atoms with Crippen molar-refractivity contribution in [3.05, 3.63) is 48.6 Å². The topological polar surface area (TPSA) is 74.6 Å². The highest BCUT2D eigenvalue weighted by Gasteiger charge is 2.27. The number of aliphatic hydroxyl groups excluding tert-OH is 1. The monoisotopic (exact) mass is 332 g/mol. The van der Waals surface area contributed by atoms with Gasteiger partial charge in [-0.1, -0.05) is 49.5 Å². The van der Waals surface area contributed by atoms with Crippen LogP contribution in [0, 0.1) is 11.8 Å². The number of hydrogen-bond acceptors (Lipinski definition) is 3. The summed E-state index contributed by atoms with van der Waals surface area (Å²) in [6.45, 7) is 2.05. The van der Waals surface area contributed by atoms with Gasteiger partial charge in [-0.05, 0) is 38.2 Å². The lowest BCUT2D eigenvalue weighted by molar-refractivity contribution is -0.137. The van der Waals surface area contributed by atoms with E-state index in [2.05, 4.69) is 0 Å². The number of allylic oxidation sites excluding steroid dienone is 6. The average Bonchev–Trinajstić information content (AvgIpc) is 2.89. The molecule has 132 valence electrons. The first-order chi connectivity index (χ1) is 11.5. The van der Waals surface area contributed by atoms with Gasteiger partial charge in [0.2, 0.25) is 0 Å². The van der Waals surface area contributed by atoms with Crippen molar-refractivity contribution in [2.75, 3.05) is 0 Å². The molecule has 0 aromatic heterocycles. The first kappa shape index (κ1) is 20.1. The van der Waals surface area contributed by atoms with Crippen LogP contribution >= 0.6 is 0 Å². The van der Waals surface area contributed by atoms with Gasteiger partial charge in [0.15, 0.2) is 5.78 Å². The zero-order chi connectivity index (χ0) is 17.8. The van der Waals surface area contributed by atoms with Gasteiger partial charge in [-0.15, -0.1) is 0 Å². The maximum atomic E-state index is 11.9. The lowest BCUT2D eigenvalue weighted by atomic mass is 9.90. The van der Waals surface area contributed by atoms with Crippen LogP contribution < -0.4 is 0 Å². The second kappa shape index (κ2) is 11.6. The van der Waals surface area contributed by atoms with Crippen LogP contribution in [-0.2, 0) is 9.59 Å². The highest BCUT2D eigenvalue weighted by Crippen LogP contribution is 2.27. The minimum Gasteiger partial charge on any atom is -0.481 e. The fourth-order valence-corrected chi connectivity index (χ4v) is 2.59. The highest BCUT2D eigenvalue weighted by molar-refractivity contribution is 5.95. The Morgan fingerprint density at radius 2 is 2.08 bits per heavy atom. The van der Waals surface area contributed by atoms with Crippen molar-refractivity contribution in [3.8, 4) is 0 Å². The number of aliphatic carboxylic acids is 1. The minimum atomic E-state index is -0.781. The molecule has 4 nitrogen and oxygen atoms in total. The number of carboxylic acid groups (broad SMARTS) is 1. The molecule has 0 heterocycles. The summed E-state index contributed by atoms with van der Waals surface area (Å²) in [7, 11) is 0. The van der Waals surface area contributed by atoms with Gasteiger partial charge in [-0.3, -0.25) is 9.59 Å². The van der Waals surface area contributed by atoms with E-state index in [1.807, 2.05) is 43.4 Å². The van der Waals surface area contributed by atoms with Crippen molar-refractivity contribution in [2.45, 2.75) is 51.6 Å². The third-order valence-electron chi connectivity index (χ3n) is 3.97. The minimum absolute atomic E-state index is 0.0194. The Morgan fingerprint density at radius 3 is 2.79 bits per heavy atom. The van der Waals surface area contributed by atoms with E-state index in [4.69, 9.17) is 5.11 Å². The molecule has 0 amide bonds. The lowest BCUT2D eigenvalue weighted by Gasteiger charge is -2.13. The fourth-order valence-electron chi connectivity index (χ4n) is 2.59. The van der Waals surface area contributed by atoms with Gasteiger partial charge in [0.25, 0.3) is 0 Å². The van der Waals surface area contributed by atoms with Crippen LogP contribution in [0.15, 0.2) is 48.6 Å². The molecule has 1 rings (SSSR count). The predicted molar refractivity (Wildman–Crippen MR) is 95.6 cm³/mol. The largest absolute Gasteiger partial charge is 0.481 e. The number of unbranched alkanes of at least 4 members (excludes halogenated alkanes) is 1. The smallest absolute Gasteiger partial charge is 0.303 e. The second-order valence-electron chi connectivity index (χ2n) is 6.01. The zero-order valence-electron chi connectivity index (χ0n) is 14.3. The molecule has 1 aliphatic rings. The first-order valence-corrected chi connectivity index (χ1v) is 8.64. The summed E-state index contributed by atoms with van der Waals surface area (Å²) in [4.78, 5) is 22.4. The second-order valence-corrected chi connectivity index (χ2v) is 6.01. The molecule has 0 saturated heterocycles. The van der Waals surface area contributed by atoms with Crippen molar-refractivity contribution in [3.63, 3.8) is 0 Å². The number of ketones is 1. The van der Waals surface area contributed by atoms with Crippen LogP contribution in [-0.4, -0.2) is 28.1 Å². The number of rotatable bonds is 11. The van der Waals surface area contributed by atoms with E-state index in [9.17, 15) is 14.7 Å². The van der Waals surface area contributed by atoms with Crippen LogP contribution in [0.4, 0.5) is 0 Å². The van der Waals surface area contributed by atoms with Crippen molar-refractivity contribution >= 4 is 11.8 Å². The standard InChI is InChI=1S/C20H28O4/c1-2-3-6-9-17(21)14-12-16-13-15-19(22)18(16)10-7-4-5-8-11-20(23)24/h3-4,6-7,12-18,21H,2,5,8-11H2,1H3,(H,23,24)/b6-3-,7-4-,14-12+/t16-,17-,18+/m0/s1. The summed E-state index contributed by atoms with van der Waals surface area (Å²) in [6.07, 6.45) is 18.2. The third-order valence-corrected chi connectivity index (χ3v) is 3.97. The first-order valence-electron chi connectivity index (χ1n) is 8.64. The summed E-state index contributed by atoms with van der Waals surface area (Å²) in [6, 6.07) is 0. The Hall–Kier alpha value is -1.94. The summed E-state index contributed by atoms with van der Waals surface area (Å²) in [5.41, 5.74) is 0. The molecule has 0 aliphatic heterocycles. The molecule has 0 aromatic rings. The molecule has 24 heavy (non-hydrogen) atoms. The quantitative estimate of drug-likeness (QED) is 0.445. The Balaban J connectivity index is 2.42. The zero-order valence-corrected chi connectivity index (χ0v) is 14.3. The van der Waals surface area contributed by atoms with Crippen LogP contribution in [0.2, 0.25) is 0 Å². The molecule has 0 spiro atoms. The van der Waals surface area contributed by atoms with E-state index in [-0.39, 0.29) is 24.0 Å². The van der Waals surface area contributed by atoms with Crippen molar-refractivity contribution in [1.29, 1.82) is 0 Å². The average molecular weight is 332 g/mol. The normalized spacial score (nSPS) is 22.3. The molecule has 0 aromatic carbocycles. The number of hydrogen-bond donors (Lipinski definition) is 2. The van der Waals surface area contributed by atoms with Gasteiger partial charge in [0, 0.05) is 18.3 Å². The molecule has 4 heteroatoms. The van der Waals surface area contributed by atoms with Gasteiger partial charge < -0.3 is 10.2 Å². The SMILES string of the molecule is CC/C=C\C[C@H](O)/C=C/[C@H]1C=CC(=O)[C@@H]1C/C=C\CCCC(=O)O. The molecule has 3 atom stereocenters. The van der Waals surface area contributed by atoms with E-state index >= 15 is 0 Å². The van der Waals surface area contributed by atoms with E-state index in [1.54, 1.807) is 12.2 Å². The van der Waals surface area contributed by atoms with Crippen LogP contribution in [0.25, 0.3) is 0 Å².